The summed E-state index contributed by atoms with van der Waals surface area (Å²) in [5.74, 6) is 2.12. The predicted octanol–water partition coefficient (Wildman–Crippen LogP) is 1.01. The maximum atomic E-state index is 11.5. The van der Waals surface area contributed by atoms with Crippen LogP contribution in [0, 0.1) is 0 Å². The number of carbonyl (C=O) groups is 1. The lowest BCUT2D eigenvalue weighted by atomic mass is 10.1. The molecule has 0 aromatic carbocycles. The van der Waals surface area contributed by atoms with Gasteiger partial charge in [-0.1, -0.05) is 6.42 Å². The first-order valence-electron chi connectivity index (χ1n) is 5.44. The van der Waals surface area contributed by atoms with Crippen LogP contribution >= 0.6 is 11.8 Å². The maximum absolute atomic E-state index is 11.5. The second kappa shape index (κ2) is 5.03. The summed E-state index contributed by atoms with van der Waals surface area (Å²) in [7, 11) is 0. The Hall–Kier alpha value is -0.220. The van der Waals surface area contributed by atoms with Crippen LogP contribution in [0.1, 0.15) is 19.3 Å². The smallest absolute Gasteiger partial charge is 0.233 e. The number of thioether (sulfide) groups is 1. The third-order valence-electron chi connectivity index (χ3n) is 2.90. The van der Waals surface area contributed by atoms with E-state index in [2.05, 4.69) is 4.90 Å². The fourth-order valence-corrected chi connectivity index (χ4v) is 2.89. The van der Waals surface area contributed by atoms with Crippen molar-refractivity contribution >= 4 is 17.7 Å². The molecule has 0 aromatic heterocycles. The van der Waals surface area contributed by atoms with Crippen molar-refractivity contribution in [2.24, 2.45) is 0 Å². The first kappa shape index (κ1) is 10.3. The Morgan fingerprint density at radius 3 is 2.64 bits per heavy atom. The molecule has 4 heteroatoms. The zero-order valence-electron chi connectivity index (χ0n) is 8.57. The maximum Gasteiger partial charge on any atom is 0.233 e. The topological polar surface area (TPSA) is 23.6 Å². The molecule has 80 valence electrons. The van der Waals surface area contributed by atoms with Gasteiger partial charge in [0.25, 0.3) is 0 Å². The van der Waals surface area contributed by atoms with Gasteiger partial charge in [-0.05, 0) is 25.9 Å². The van der Waals surface area contributed by atoms with Crippen LogP contribution in [0.25, 0.3) is 0 Å². The minimum Gasteiger partial charge on any atom is -0.328 e. The van der Waals surface area contributed by atoms with Crippen LogP contribution in [0.3, 0.4) is 0 Å². The number of rotatable bonds is 2. The van der Waals surface area contributed by atoms with Crippen LogP contribution in [0.2, 0.25) is 0 Å². The van der Waals surface area contributed by atoms with Gasteiger partial charge >= 0.3 is 0 Å². The monoisotopic (exact) mass is 214 g/mol. The number of likely N-dealkylation sites (tertiary alicyclic amines) is 1. The normalized spacial score (nSPS) is 25.4. The molecular weight excluding hydrogens is 196 g/mol. The van der Waals surface area contributed by atoms with Gasteiger partial charge in [0.1, 0.15) is 0 Å². The molecule has 1 amide bonds. The second-order valence-electron chi connectivity index (χ2n) is 4.03. The average Bonchev–Trinajstić information content (AvgIpc) is 2.23. The van der Waals surface area contributed by atoms with Crippen molar-refractivity contribution in [3.63, 3.8) is 0 Å². The molecule has 0 aliphatic carbocycles. The highest BCUT2D eigenvalue weighted by Gasteiger charge is 2.21. The van der Waals surface area contributed by atoms with Crippen molar-refractivity contribution in [3.8, 4) is 0 Å². The highest BCUT2D eigenvalue weighted by Crippen LogP contribution is 2.14. The highest BCUT2D eigenvalue weighted by atomic mass is 32.2. The molecule has 0 radical (unpaired) electrons. The molecule has 0 aromatic rings. The molecule has 0 atom stereocenters. The number of carbonyl (C=O) groups excluding carboxylic acids is 1. The lowest BCUT2D eigenvalue weighted by Crippen LogP contribution is -2.46. The number of hydrogen-bond donors (Lipinski definition) is 0. The van der Waals surface area contributed by atoms with Crippen molar-refractivity contribution in [2.45, 2.75) is 19.3 Å². The second-order valence-corrected chi connectivity index (χ2v) is 5.14. The molecule has 3 nitrogen and oxygen atoms in total. The Kier molecular flexibility index (Phi) is 3.70. The van der Waals surface area contributed by atoms with E-state index in [1.807, 2.05) is 4.90 Å². The van der Waals surface area contributed by atoms with E-state index in [1.54, 1.807) is 11.8 Å². The lowest BCUT2D eigenvalue weighted by molar-refractivity contribution is -0.130. The number of amides is 1. The van der Waals surface area contributed by atoms with Crippen LogP contribution in [-0.2, 0) is 4.79 Å². The van der Waals surface area contributed by atoms with Gasteiger partial charge in [-0.2, -0.15) is 11.8 Å². The van der Waals surface area contributed by atoms with Crippen molar-refractivity contribution in [3.05, 3.63) is 0 Å². The van der Waals surface area contributed by atoms with E-state index in [9.17, 15) is 4.79 Å². The summed E-state index contributed by atoms with van der Waals surface area (Å²) in [5, 5.41) is 0. The minimum absolute atomic E-state index is 0.326. The first-order chi connectivity index (χ1) is 6.86. The molecule has 0 N–H and O–H groups in total. The van der Waals surface area contributed by atoms with E-state index in [-0.39, 0.29) is 0 Å². The number of nitrogens with zero attached hydrogens (tertiary/aromatic N) is 2. The van der Waals surface area contributed by atoms with Gasteiger partial charge in [-0.25, -0.2) is 0 Å². The zero-order valence-corrected chi connectivity index (χ0v) is 9.39. The van der Waals surface area contributed by atoms with Crippen molar-refractivity contribution in [2.75, 3.05) is 37.8 Å². The summed E-state index contributed by atoms with van der Waals surface area (Å²) in [6, 6.07) is 0. The van der Waals surface area contributed by atoms with Gasteiger partial charge in [0.15, 0.2) is 0 Å². The SMILES string of the molecule is O=C1CSCCN1CN1CCCCC1. The number of piperidine rings is 1. The average molecular weight is 214 g/mol. The molecule has 2 heterocycles. The molecule has 14 heavy (non-hydrogen) atoms. The summed E-state index contributed by atoms with van der Waals surface area (Å²) in [5.41, 5.74) is 0. The standard InChI is InChI=1S/C10H18N2OS/c13-10-8-14-7-6-12(10)9-11-4-2-1-3-5-11/h1-9H2. The predicted molar refractivity (Wildman–Crippen MR) is 59.3 cm³/mol. The lowest BCUT2D eigenvalue weighted by Gasteiger charge is -2.34. The summed E-state index contributed by atoms with van der Waals surface area (Å²) >= 11 is 1.76. The Balaban J connectivity index is 1.79. The van der Waals surface area contributed by atoms with Gasteiger partial charge in [0, 0.05) is 12.3 Å². The molecule has 0 spiro atoms. The molecule has 0 saturated carbocycles. The summed E-state index contributed by atoms with van der Waals surface area (Å²) in [6.07, 6.45) is 3.97. The molecule has 0 bridgehead atoms. The fourth-order valence-electron chi connectivity index (χ4n) is 2.04. The molecule has 2 rings (SSSR count). The first-order valence-corrected chi connectivity index (χ1v) is 6.59. The van der Waals surface area contributed by atoms with E-state index in [4.69, 9.17) is 0 Å². The van der Waals surface area contributed by atoms with Gasteiger partial charge in [-0.3, -0.25) is 9.69 Å². The summed E-state index contributed by atoms with van der Waals surface area (Å²) < 4.78 is 0. The largest absolute Gasteiger partial charge is 0.328 e. The van der Waals surface area contributed by atoms with Crippen LogP contribution in [0.5, 0.6) is 0 Å². The fraction of sp³-hybridized carbons (Fsp3) is 0.900. The van der Waals surface area contributed by atoms with Crippen molar-refractivity contribution in [1.29, 1.82) is 0 Å². The van der Waals surface area contributed by atoms with Crippen LogP contribution in [0.4, 0.5) is 0 Å². The Morgan fingerprint density at radius 1 is 1.14 bits per heavy atom. The van der Waals surface area contributed by atoms with Crippen LogP contribution in [0.15, 0.2) is 0 Å². The van der Waals surface area contributed by atoms with Crippen molar-refractivity contribution in [1.82, 2.24) is 9.80 Å². The number of hydrogen-bond acceptors (Lipinski definition) is 3. The van der Waals surface area contributed by atoms with Crippen molar-refractivity contribution < 1.29 is 4.79 Å². The molecule has 0 unspecified atom stereocenters. The molecule has 2 aliphatic rings. The van der Waals surface area contributed by atoms with Gasteiger partial charge in [-0.15, -0.1) is 0 Å². The van der Waals surface area contributed by atoms with E-state index in [0.29, 0.717) is 11.7 Å². The Labute approximate surface area is 89.8 Å². The Morgan fingerprint density at radius 2 is 1.93 bits per heavy atom. The highest BCUT2D eigenvalue weighted by molar-refractivity contribution is 8.00. The molecule has 2 saturated heterocycles. The Bertz CT molecular complexity index is 204. The quantitative estimate of drug-likeness (QED) is 0.685. The van der Waals surface area contributed by atoms with Crippen LogP contribution in [-0.4, -0.2) is 53.5 Å². The van der Waals surface area contributed by atoms with Gasteiger partial charge in [0.2, 0.25) is 5.91 Å². The van der Waals surface area contributed by atoms with E-state index in [0.717, 1.165) is 19.0 Å². The van der Waals surface area contributed by atoms with E-state index >= 15 is 0 Å². The van der Waals surface area contributed by atoms with E-state index < -0.39 is 0 Å². The van der Waals surface area contributed by atoms with Gasteiger partial charge in [0.05, 0.1) is 12.4 Å². The van der Waals surface area contributed by atoms with Gasteiger partial charge < -0.3 is 4.90 Å². The molecule has 2 aliphatic heterocycles. The summed E-state index contributed by atoms with van der Waals surface area (Å²) in [6.45, 7) is 4.17. The third kappa shape index (κ3) is 2.64. The third-order valence-corrected chi connectivity index (χ3v) is 3.83. The van der Waals surface area contributed by atoms with Crippen LogP contribution < -0.4 is 0 Å². The molecule has 2 fully saturated rings. The summed E-state index contributed by atoms with van der Waals surface area (Å²) in [4.78, 5) is 16.0. The zero-order chi connectivity index (χ0) is 9.80. The molecular formula is C10H18N2OS. The minimum atomic E-state index is 0.326. The van der Waals surface area contributed by atoms with E-state index in [1.165, 1.54) is 32.4 Å².